The molecular formula is C37H40FN7O2. The van der Waals surface area contributed by atoms with E-state index in [4.69, 9.17) is 15.5 Å². The molecule has 9 nitrogen and oxygen atoms in total. The van der Waals surface area contributed by atoms with Gasteiger partial charge in [-0.25, -0.2) is 9.37 Å². The second kappa shape index (κ2) is 13.1. The van der Waals surface area contributed by atoms with Gasteiger partial charge in [-0.15, -0.1) is 5.11 Å². The number of nitriles is 1. The van der Waals surface area contributed by atoms with Crippen LogP contribution in [0.3, 0.4) is 0 Å². The Morgan fingerprint density at radius 2 is 2.02 bits per heavy atom. The molecule has 4 atom stereocenters. The first kappa shape index (κ1) is 32.1. The molecule has 0 unspecified atom stereocenters. The molecule has 0 bridgehead atoms. The fraction of sp³-hybridized carbons (Fsp3) is 0.378. The van der Waals surface area contributed by atoms with Gasteiger partial charge in [0.15, 0.2) is 11.5 Å². The summed E-state index contributed by atoms with van der Waals surface area (Å²) in [6.07, 6.45) is 4.38. The molecule has 3 heterocycles. The number of amides is 1. The van der Waals surface area contributed by atoms with Crippen molar-refractivity contribution in [3.05, 3.63) is 72.1 Å². The number of piperidine rings is 1. The Balaban J connectivity index is 1.47. The minimum absolute atomic E-state index is 0.0234. The Morgan fingerprint density at radius 1 is 1.26 bits per heavy atom. The summed E-state index contributed by atoms with van der Waals surface area (Å²) >= 11 is 0. The number of likely N-dealkylation sites (N-methyl/N-ethyl adjacent to an activating group) is 1. The first-order valence-electron chi connectivity index (χ1n) is 16.2. The van der Waals surface area contributed by atoms with E-state index < -0.39 is 5.82 Å². The predicted octanol–water partition coefficient (Wildman–Crippen LogP) is 7.47. The summed E-state index contributed by atoms with van der Waals surface area (Å²) in [6, 6.07) is 15.2. The Kier molecular flexibility index (Phi) is 8.93. The lowest BCUT2D eigenvalue weighted by molar-refractivity contribution is -0.129. The van der Waals surface area contributed by atoms with Crippen molar-refractivity contribution >= 4 is 39.0 Å². The van der Waals surface area contributed by atoms with Crippen LogP contribution >= 0.6 is 0 Å². The molecule has 2 N–H and O–H groups in total. The third-order valence-corrected chi connectivity index (χ3v) is 9.74. The quantitative estimate of drug-likeness (QED) is 0.167. The van der Waals surface area contributed by atoms with E-state index in [2.05, 4.69) is 34.8 Å². The molecule has 47 heavy (non-hydrogen) atoms. The first-order valence-corrected chi connectivity index (χ1v) is 16.2. The van der Waals surface area contributed by atoms with Gasteiger partial charge in [-0.1, -0.05) is 36.9 Å². The van der Waals surface area contributed by atoms with Gasteiger partial charge in [-0.3, -0.25) is 9.69 Å². The number of ether oxygens (including phenoxy) is 1. The molecule has 0 saturated carbocycles. The highest BCUT2D eigenvalue weighted by Gasteiger charge is 2.31. The van der Waals surface area contributed by atoms with E-state index in [1.165, 1.54) is 6.08 Å². The standard InChI is InChI=1S/C37H40FN7O2/c1-6-30(46)45-17-15-26(19-22(45)3)42-43-36-34(40)28-18-21(2)31(27-13-8-11-24-10-7-12-25(20-39)32(24)27)33(38)35(28)41-37(36)47-23(4)29-14-9-16-44(29)5/h6-8,10-13,18,22-23,26,29H,1,9,14-17,19H2,2-5H3,(H2,40,41)/t22-,23+,26+,29+/m1/s1. The highest BCUT2D eigenvalue weighted by atomic mass is 19.1. The second-order valence-corrected chi connectivity index (χ2v) is 12.8. The van der Waals surface area contributed by atoms with Crippen LogP contribution in [0.2, 0.25) is 0 Å². The topological polar surface area (TPSA) is 120 Å². The normalized spacial score (nSPS) is 20.9. The Hall–Kier alpha value is -4.88. The SMILES string of the molecule is C=CC(=O)N1CC[C@H](N=Nc2c(O[C@@H](C)[C@@H]3CCCN3C)nc3c(F)c(-c4cccc5cccc(C#N)c45)c(C)cc3c2N)C[C@H]1C. The molecule has 2 aliphatic rings. The summed E-state index contributed by atoms with van der Waals surface area (Å²) in [7, 11) is 2.07. The van der Waals surface area contributed by atoms with Crippen LogP contribution in [0.1, 0.15) is 50.7 Å². The minimum Gasteiger partial charge on any atom is -0.471 e. The Morgan fingerprint density at radius 3 is 2.70 bits per heavy atom. The Labute approximate surface area is 274 Å². The van der Waals surface area contributed by atoms with E-state index in [9.17, 15) is 10.1 Å². The summed E-state index contributed by atoms with van der Waals surface area (Å²) in [6.45, 7) is 10.9. The van der Waals surface area contributed by atoms with Gasteiger partial charge < -0.3 is 15.4 Å². The maximum absolute atomic E-state index is 16.9. The van der Waals surface area contributed by atoms with Crippen LogP contribution < -0.4 is 10.5 Å². The zero-order valence-electron chi connectivity index (χ0n) is 27.3. The molecule has 1 amide bonds. The Bertz CT molecular complexity index is 1950. The van der Waals surface area contributed by atoms with Crippen molar-refractivity contribution in [1.29, 1.82) is 5.26 Å². The lowest BCUT2D eigenvalue weighted by atomic mass is 9.91. The van der Waals surface area contributed by atoms with Gasteiger partial charge in [0.25, 0.3) is 0 Å². The molecule has 0 radical (unpaired) electrons. The number of aromatic nitrogens is 1. The van der Waals surface area contributed by atoms with Crippen molar-refractivity contribution in [2.75, 3.05) is 25.9 Å². The van der Waals surface area contributed by atoms with E-state index in [1.807, 2.05) is 57.2 Å². The molecular weight excluding hydrogens is 593 g/mol. The van der Waals surface area contributed by atoms with Gasteiger partial charge in [0.2, 0.25) is 11.8 Å². The lowest BCUT2D eigenvalue weighted by Crippen LogP contribution is -2.44. The van der Waals surface area contributed by atoms with Crippen molar-refractivity contribution in [1.82, 2.24) is 14.8 Å². The average molecular weight is 634 g/mol. The number of fused-ring (bicyclic) bond motifs is 2. The third-order valence-electron chi connectivity index (χ3n) is 9.74. The fourth-order valence-corrected chi connectivity index (χ4v) is 7.25. The number of carbonyl (C=O) groups is 1. The number of likely N-dealkylation sites (tertiary alicyclic amines) is 2. The number of hydrogen-bond acceptors (Lipinski definition) is 8. The van der Waals surface area contributed by atoms with Crippen molar-refractivity contribution in [2.24, 2.45) is 10.2 Å². The van der Waals surface area contributed by atoms with Crippen molar-refractivity contribution in [2.45, 2.75) is 70.7 Å². The van der Waals surface area contributed by atoms with Crippen LogP contribution in [0.5, 0.6) is 5.88 Å². The second-order valence-electron chi connectivity index (χ2n) is 12.8. The van der Waals surface area contributed by atoms with Gasteiger partial charge in [0, 0.05) is 35.0 Å². The summed E-state index contributed by atoms with van der Waals surface area (Å²) in [4.78, 5) is 21.1. The monoisotopic (exact) mass is 633 g/mol. The molecule has 4 aromatic rings. The highest BCUT2D eigenvalue weighted by molar-refractivity contribution is 6.05. The maximum Gasteiger partial charge on any atom is 0.246 e. The molecule has 10 heteroatoms. The predicted molar refractivity (Wildman–Crippen MR) is 183 cm³/mol. The van der Waals surface area contributed by atoms with E-state index >= 15 is 4.39 Å². The zero-order valence-corrected chi connectivity index (χ0v) is 27.3. The molecule has 2 aliphatic heterocycles. The summed E-state index contributed by atoms with van der Waals surface area (Å²) < 4.78 is 23.4. The lowest BCUT2D eigenvalue weighted by Gasteiger charge is -2.35. The number of pyridine rings is 1. The summed E-state index contributed by atoms with van der Waals surface area (Å²) in [5, 5.41) is 21.1. The molecule has 2 fully saturated rings. The number of nitrogens with zero attached hydrogens (tertiary/aromatic N) is 6. The van der Waals surface area contributed by atoms with Crippen LogP contribution in [-0.2, 0) is 4.79 Å². The smallest absolute Gasteiger partial charge is 0.246 e. The maximum atomic E-state index is 16.9. The first-order chi connectivity index (χ1) is 22.6. The average Bonchev–Trinajstić information content (AvgIpc) is 3.50. The fourth-order valence-electron chi connectivity index (χ4n) is 7.25. The van der Waals surface area contributed by atoms with Gasteiger partial charge in [-0.2, -0.15) is 10.4 Å². The number of carbonyl (C=O) groups excluding carboxylic acids is 1. The van der Waals surface area contributed by atoms with Gasteiger partial charge >= 0.3 is 0 Å². The molecule has 0 spiro atoms. The van der Waals surface area contributed by atoms with Crippen molar-refractivity contribution < 1.29 is 13.9 Å². The van der Waals surface area contributed by atoms with Crippen molar-refractivity contribution in [3.8, 4) is 23.1 Å². The number of nitrogen functional groups attached to an aromatic ring is 1. The largest absolute Gasteiger partial charge is 0.471 e. The zero-order chi connectivity index (χ0) is 33.4. The number of azo groups is 1. The number of benzene rings is 3. The van der Waals surface area contributed by atoms with Crippen LogP contribution in [0.4, 0.5) is 15.8 Å². The van der Waals surface area contributed by atoms with Crippen LogP contribution in [0.15, 0.2) is 65.3 Å². The molecule has 2 saturated heterocycles. The molecule has 242 valence electrons. The van der Waals surface area contributed by atoms with Gasteiger partial charge in [0.1, 0.15) is 11.6 Å². The highest BCUT2D eigenvalue weighted by Crippen LogP contribution is 2.44. The van der Waals surface area contributed by atoms with E-state index in [1.54, 1.807) is 11.0 Å². The minimum atomic E-state index is -0.543. The van der Waals surface area contributed by atoms with Gasteiger partial charge in [0.05, 0.1) is 23.4 Å². The summed E-state index contributed by atoms with van der Waals surface area (Å²) in [5.74, 6) is -0.510. The number of hydrogen-bond donors (Lipinski definition) is 1. The van der Waals surface area contributed by atoms with Crippen LogP contribution in [0, 0.1) is 24.1 Å². The van der Waals surface area contributed by atoms with Gasteiger partial charge in [-0.05, 0) is 94.8 Å². The van der Waals surface area contributed by atoms with Crippen molar-refractivity contribution in [3.63, 3.8) is 0 Å². The molecule has 0 aliphatic carbocycles. The number of nitrogens with two attached hydrogens (primary N) is 1. The summed E-state index contributed by atoms with van der Waals surface area (Å²) in [5.41, 5.74) is 9.46. The number of anilines is 1. The van der Waals surface area contributed by atoms with E-state index in [0.29, 0.717) is 52.4 Å². The molecule has 6 rings (SSSR count). The van der Waals surface area contributed by atoms with E-state index in [0.717, 1.165) is 24.8 Å². The number of aryl methyl sites for hydroxylation is 1. The van der Waals surface area contributed by atoms with Crippen LogP contribution in [-0.4, -0.2) is 65.1 Å². The molecule has 3 aromatic carbocycles. The van der Waals surface area contributed by atoms with Crippen LogP contribution in [0.25, 0.3) is 32.8 Å². The number of rotatable bonds is 7. The number of halogens is 1. The van der Waals surface area contributed by atoms with E-state index in [-0.39, 0.29) is 52.9 Å². The third kappa shape index (κ3) is 5.92. The molecule has 1 aromatic heterocycles.